The van der Waals surface area contributed by atoms with Crippen LogP contribution in [0.2, 0.25) is 0 Å². The van der Waals surface area contributed by atoms with Crippen LogP contribution in [0.1, 0.15) is 30.5 Å². The minimum Gasteiger partial charge on any atom is -1.00 e. The van der Waals surface area contributed by atoms with Gasteiger partial charge in [-0.05, 0) is 27.7 Å². The Morgan fingerprint density at radius 1 is 0.889 bits per heavy atom. The molecule has 3 heteroatoms. The molecule has 9 heavy (non-hydrogen) atoms. The molecule has 0 aromatic carbocycles. The van der Waals surface area contributed by atoms with E-state index in [0.717, 1.165) is 0 Å². The molecular weight excluding hydrogens is 144 g/mol. The fraction of sp³-hybridized carbons (Fsp3) is 1.00. The molecule has 0 atom stereocenters. The third-order valence-electron chi connectivity index (χ3n) is 0. The summed E-state index contributed by atoms with van der Waals surface area (Å²) in [7, 11) is 0. The molecule has 56 valence electrons. The predicted molar refractivity (Wildman–Crippen MR) is 42.7 cm³/mol. The molecule has 0 bridgehead atoms. The zero-order valence-corrected chi connectivity index (χ0v) is 8.96. The Balaban J connectivity index is -0.0000000171. The van der Waals surface area contributed by atoms with Crippen LogP contribution in [0.4, 0.5) is 0 Å². The van der Waals surface area contributed by atoms with Crippen molar-refractivity contribution in [2.24, 2.45) is 0 Å². The fourth-order valence-corrected chi connectivity index (χ4v) is 0. The Kier molecular flexibility index (Phi) is 22.0. The molecule has 0 heterocycles. The molecule has 0 aliphatic carbocycles. The van der Waals surface area contributed by atoms with Gasteiger partial charge in [0.1, 0.15) is 0 Å². The van der Waals surface area contributed by atoms with Gasteiger partial charge in [-0.2, -0.15) is 0 Å². The van der Waals surface area contributed by atoms with Crippen molar-refractivity contribution in [3.8, 4) is 0 Å². The first kappa shape index (κ1) is 16.6. The number of hydrogen-bond acceptors (Lipinski definition) is 2. The van der Waals surface area contributed by atoms with Crippen molar-refractivity contribution in [1.29, 1.82) is 0 Å². The van der Waals surface area contributed by atoms with Crippen molar-refractivity contribution >= 4 is 37.7 Å². The summed E-state index contributed by atoms with van der Waals surface area (Å²) < 4.78 is 0. The molecule has 0 aromatic rings. The Bertz CT molecular complexity index is 34.1. The van der Waals surface area contributed by atoms with Crippen LogP contribution >= 0.6 is 0 Å². The summed E-state index contributed by atoms with van der Waals surface area (Å²) in [6, 6.07) is 0. The van der Waals surface area contributed by atoms with Gasteiger partial charge in [0.25, 0.3) is 0 Å². The van der Waals surface area contributed by atoms with Gasteiger partial charge in [-0.3, -0.25) is 0 Å². The maximum absolute atomic E-state index is 8.06. The normalized spacial score (nSPS) is 8.00. The smallest absolute Gasteiger partial charge is 1.00 e. The van der Waals surface area contributed by atoms with E-state index in [4.69, 9.17) is 10.2 Å². The zero-order valence-electron chi connectivity index (χ0n) is 8.76. The maximum atomic E-state index is 8.06. The number of aliphatic hydroxyl groups is 2. The van der Waals surface area contributed by atoms with E-state index < -0.39 is 0 Å². The van der Waals surface area contributed by atoms with Crippen LogP contribution in [-0.4, -0.2) is 60.2 Å². The SMILES string of the molecule is CC(C)O.CC(C)O.[Ca+2].[H-].[H-]. The van der Waals surface area contributed by atoms with E-state index in [0.29, 0.717) is 0 Å². The second-order valence-electron chi connectivity index (χ2n) is 2.19. The van der Waals surface area contributed by atoms with Crippen LogP contribution in [0.15, 0.2) is 0 Å². The van der Waals surface area contributed by atoms with Crippen molar-refractivity contribution in [3.05, 3.63) is 0 Å². The summed E-state index contributed by atoms with van der Waals surface area (Å²) in [6.07, 6.45) is -0.333. The van der Waals surface area contributed by atoms with Gasteiger partial charge in [0.05, 0.1) is 0 Å². The summed E-state index contributed by atoms with van der Waals surface area (Å²) in [5.74, 6) is 0. The van der Waals surface area contributed by atoms with E-state index in [2.05, 4.69) is 0 Å². The standard InChI is InChI=1S/2C3H8O.Ca.2H/c2*1-3(2)4;;;/h2*3-4H,1-2H3;;;/q;;+2;2*-1. The van der Waals surface area contributed by atoms with Gasteiger partial charge in [0.2, 0.25) is 0 Å². The topological polar surface area (TPSA) is 40.5 Å². The Morgan fingerprint density at radius 2 is 0.889 bits per heavy atom. The van der Waals surface area contributed by atoms with Gasteiger partial charge in [0, 0.05) is 12.2 Å². The fourth-order valence-electron chi connectivity index (χ4n) is 0. The second-order valence-corrected chi connectivity index (χ2v) is 2.19. The van der Waals surface area contributed by atoms with E-state index in [1.807, 2.05) is 0 Å². The third kappa shape index (κ3) is 340. The van der Waals surface area contributed by atoms with Crippen LogP contribution in [0, 0.1) is 0 Å². The summed E-state index contributed by atoms with van der Waals surface area (Å²) in [5.41, 5.74) is 0. The molecule has 2 N–H and O–H groups in total. The molecule has 0 aromatic heterocycles. The summed E-state index contributed by atoms with van der Waals surface area (Å²) >= 11 is 0. The Labute approximate surface area is 90.2 Å². The van der Waals surface area contributed by atoms with E-state index >= 15 is 0 Å². The van der Waals surface area contributed by atoms with Gasteiger partial charge in [-0.15, -0.1) is 0 Å². The van der Waals surface area contributed by atoms with Gasteiger partial charge >= 0.3 is 37.7 Å². The minimum atomic E-state index is -0.167. The molecule has 0 amide bonds. The molecule has 0 aliphatic heterocycles. The Hall–Kier alpha value is 1.18. The molecule has 0 saturated carbocycles. The number of hydrogen-bond donors (Lipinski definition) is 2. The summed E-state index contributed by atoms with van der Waals surface area (Å²) in [5, 5.41) is 16.1. The van der Waals surface area contributed by atoms with E-state index in [1.165, 1.54) is 0 Å². The van der Waals surface area contributed by atoms with E-state index in [1.54, 1.807) is 27.7 Å². The molecule has 0 fully saturated rings. The number of aliphatic hydroxyl groups excluding tert-OH is 2. The van der Waals surface area contributed by atoms with Crippen molar-refractivity contribution in [3.63, 3.8) is 0 Å². The van der Waals surface area contributed by atoms with Crippen LogP contribution in [0.25, 0.3) is 0 Å². The van der Waals surface area contributed by atoms with Gasteiger partial charge < -0.3 is 13.1 Å². The quantitative estimate of drug-likeness (QED) is 0.513. The van der Waals surface area contributed by atoms with Crippen LogP contribution < -0.4 is 0 Å². The van der Waals surface area contributed by atoms with E-state index in [9.17, 15) is 0 Å². The van der Waals surface area contributed by atoms with Crippen LogP contribution in [-0.2, 0) is 0 Å². The maximum Gasteiger partial charge on any atom is 2.00 e. The molecular formula is C6H18CaO2. The zero-order chi connectivity index (χ0) is 7.15. The molecule has 0 spiro atoms. The largest absolute Gasteiger partial charge is 2.00 e. The third-order valence-corrected chi connectivity index (χ3v) is 0. The molecule has 2 nitrogen and oxygen atoms in total. The number of rotatable bonds is 0. The van der Waals surface area contributed by atoms with Gasteiger partial charge in [0.15, 0.2) is 0 Å². The first-order chi connectivity index (χ1) is 3.46. The first-order valence-corrected chi connectivity index (χ1v) is 2.83. The second kappa shape index (κ2) is 11.9. The van der Waals surface area contributed by atoms with Gasteiger partial charge in [-0.1, -0.05) is 0 Å². The molecule has 0 saturated heterocycles. The van der Waals surface area contributed by atoms with Crippen LogP contribution in [0.3, 0.4) is 0 Å². The average Bonchev–Trinajstić information content (AvgIpc) is 1.25. The summed E-state index contributed by atoms with van der Waals surface area (Å²) in [4.78, 5) is 0. The van der Waals surface area contributed by atoms with Crippen molar-refractivity contribution in [2.75, 3.05) is 0 Å². The van der Waals surface area contributed by atoms with Crippen molar-refractivity contribution in [1.82, 2.24) is 0 Å². The van der Waals surface area contributed by atoms with E-state index in [-0.39, 0.29) is 52.8 Å². The predicted octanol–water partition coefficient (Wildman–Crippen LogP) is 0.618. The monoisotopic (exact) mass is 162 g/mol. The van der Waals surface area contributed by atoms with Crippen molar-refractivity contribution in [2.45, 2.75) is 39.9 Å². The Morgan fingerprint density at radius 3 is 0.889 bits per heavy atom. The van der Waals surface area contributed by atoms with Crippen molar-refractivity contribution < 1.29 is 13.1 Å². The minimum absolute atomic E-state index is 0. The average molecular weight is 162 g/mol. The molecule has 0 unspecified atom stereocenters. The van der Waals surface area contributed by atoms with Gasteiger partial charge in [-0.25, -0.2) is 0 Å². The molecule has 0 rings (SSSR count). The molecule has 0 radical (unpaired) electrons. The first-order valence-electron chi connectivity index (χ1n) is 2.83. The summed E-state index contributed by atoms with van der Waals surface area (Å²) in [6.45, 7) is 6.89. The molecule has 0 aliphatic rings. The van der Waals surface area contributed by atoms with Crippen LogP contribution in [0.5, 0.6) is 0 Å².